The van der Waals surface area contributed by atoms with Crippen molar-refractivity contribution >= 4 is 17.8 Å². The zero-order valence-corrected chi connectivity index (χ0v) is 12.3. The molecule has 1 heterocycles. The Kier molecular flexibility index (Phi) is 3.82. The minimum Gasteiger partial charge on any atom is -0.263 e. The number of hydrogen-bond donors (Lipinski definition) is 0. The van der Waals surface area contributed by atoms with Gasteiger partial charge in [0.2, 0.25) is 0 Å². The minimum absolute atomic E-state index is 0.0392. The number of amides is 4. The Hall–Kier alpha value is -2.75. The molecule has 3 rings (SSSR count). The highest BCUT2D eigenvalue weighted by molar-refractivity contribution is 6.44. The molecular formula is C16H14FN3O3. The lowest BCUT2D eigenvalue weighted by Gasteiger charge is -2.21. The topological polar surface area (TPSA) is 81.5 Å². The summed E-state index contributed by atoms with van der Waals surface area (Å²) in [5.41, 5.74) is 0.369. The SMILES string of the molecule is N#Cc1cc(F)ccc1CN1C(=O)C(=O)N(C2CCCC2)C1=O. The maximum Gasteiger partial charge on any atom is 0.334 e. The first kappa shape index (κ1) is 15.2. The van der Waals surface area contributed by atoms with Gasteiger partial charge < -0.3 is 0 Å². The van der Waals surface area contributed by atoms with Crippen LogP contribution in [-0.2, 0) is 16.1 Å². The van der Waals surface area contributed by atoms with Gasteiger partial charge in [0.05, 0.1) is 18.2 Å². The number of carbonyl (C=O) groups excluding carboxylic acids is 3. The van der Waals surface area contributed by atoms with E-state index in [1.54, 1.807) is 0 Å². The molecule has 1 aliphatic heterocycles. The van der Waals surface area contributed by atoms with Crippen molar-refractivity contribution in [2.45, 2.75) is 38.3 Å². The molecule has 0 atom stereocenters. The number of urea groups is 1. The Labute approximate surface area is 132 Å². The fourth-order valence-corrected chi connectivity index (χ4v) is 3.11. The van der Waals surface area contributed by atoms with E-state index in [2.05, 4.69) is 0 Å². The van der Waals surface area contributed by atoms with Crippen molar-refractivity contribution in [3.63, 3.8) is 0 Å². The van der Waals surface area contributed by atoms with Gasteiger partial charge in [-0.05, 0) is 30.5 Å². The van der Waals surface area contributed by atoms with Crippen LogP contribution in [0.15, 0.2) is 18.2 Å². The van der Waals surface area contributed by atoms with Crippen molar-refractivity contribution in [3.8, 4) is 6.07 Å². The van der Waals surface area contributed by atoms with Gasteiger partial charge in [0, 0.05) is 6.04 Å². The van der Waals surface area contributed by atoms with Crippen LogP contribution in [0.2, 0.25) is 0 Å². The van der Waals surface area contributed by atoms with Crippen LogP contribution in [0.1, 0.15) is 36.8 Å². The number of nitrogens with zero attached hydrogens (tertiary/aromatic N) is 3. The van der Waals surface area contributed by atoms with E-state index in [4.69, 9.17) is 5.26 Å². The van der Waals surface area contributed by atoms with Gasteiger partial charge in [-0.25, -0.2) is 9.18 Å². The van der Waals surface area contributed by atoms with E-state index in [1.807, 2.05) is 6.07 Å². The quantitative estimate of drug-likeness (QED) is 0.630. The summed E-state index contributed by atoms with van der Waals surface area (Å²) in [6.07, 6.45) is 3.26. The summed E-state index contributed by atoms with van der Waals surface area (Å²) >= 11 is 0. The van der Waals surface area contributed by atoms with E-state index in [0.29, 0.717) is 18.4 Å². The van der Waals surface area contributed by atoms with E-state index in [9.17, 15) is 18.8 Å². The molecule has 7 heteroatoms. The summed E-state index contributed by atoms with van der Waals surface area (Å²) in [5, 5.41) is 9.04. The van der Waals surface area contributed by atoms with Gasteiger partial charge in [-0.2, -0.15) is 5.26 Å². The van der Waals surface area contributed by atoms with Crippen molar-refractivity contribution in [2.24, 2.45) is 0 Å². The molecule has 1 saturated heterocycles. The summed E-state index contributed by atoms with van der Waals surface area (Å²) in [5.74, 6) is -2.29. The Morgan fingerprint density at radius 2 is 1.87 bits per heavy atom. The Morgan fingerprint density at radius 1 is 1.17 bits per heavy atom. The maximum absolute atomic E-state index is 13.2. The molecule has 23 heavy (non-hydrogen) atoms. The van der Waals surface area contributed by atoms with Crippen LogP contribution in [0.3, 0.4) is 0 Å². The van der Waals surface area contributed by atoms with Crippen LogP contribution in [-0.4, -0.2) is 33.7 Å². The molecule has 0 unspecified atom stereocenters. The molecule has 0 N–H and O–H groups in total. The zero-order valence-electron chi connectivity index (χ0n) is 12.3. The van der Waals surface area contributed by atoms with Gasteiger partial charge in [0.1, 0.15) is 5.82 Å². The van der Waals surface area contributed by atoms with Gasteiger partial charge in [-0.3, -0.25) is 19.4 Å². The number of imide groups is 2. The van der Waals surface area contributed by atoms with E-state index >= 15 is 0 Å². The molecule has 1 aromatic carbocycles. The van der Waals surface area contributed by atoms with Crippen molar-refractivity contribution < 1.29 is 18.8 Å². The van der Waals surface area contributed by atoms with Crippen LogP contribution in [0.4, 0.5) is 9.18 Å². The molecule has 1 saturated carbocycles. The van der Waals surface area contributed by atoms with Gasteiger partial charge in [-0.1, -0.05) is 18.9 Å². The van der Waals surface area contributed by atoms with Gasteiger partial charge in [0.25, 0.3) is 0 Å². The van der Waals surface area contributed by atoms with E-state index in [1.165, 1.54) is 6.07 Å². The number of hydrogen-bond acceptors (Lipinski definition) is 4. The monoisotopic (exact) mass is 315 g/mol. The Bertz CT molecular complexity index is 735. The summed E-state index contributed by atoms with van der Waals surface area (Å²) < 4.78 is 13.2. The normalized spacial score (nSPS) is 18.9. The molecule has 1 aromatic rings. The first-order valence-corrected chi connectivity index (χ1v) is 7.40. The van der Waals surface area contributed by atoms with E-state index < -0.39 is 23.7 Å². The number of carbonyl (C=O) groups is 3. The molecule has 1 aliphatic carbocycles. The standard InChI is InChI=1S/C16H14FN3O3/c17-12-6-5-10(11(7-12)8-18)9-19-14(21)15(22)20(16(19)23)13-3-1-2-4-13/h5-7,13H,1-4,9H2. The van der Waals surface area contributed by atoms with Crippen molar-refractivity contribution in [1.29, 1.82) is 5.26 Å². The minimum atomic E-state index is -0.893. The summed E-state index contributed by atoms with van der Waals surface area (Å²) in [4.78, 5) is 38.5. The second-order valence-electron chi connectivity index (χ2n) is 5.70. The van der Waals surface area contributed by atoms with E-state index in [-0.39, 0.29) is 18.2 Å². The fourth-order valence-electron chi connectivity index (χ4n) is 3.11. The molecule has 0 radical (unpaired) electrons. The Balaban J connectivity index is 1.86. The third-order valence-electron chi connectivity index (χ3n) is 4.29. The second kappa shape index (κ2) is 5.80. The molecular weight excluding hydrogens is 301 g/mol. The van der Waals surface area contributed by atoms with Crippen LogP contribution in [0.25, 0.3) is 0 Å². The van der Waals surface area contributed by atoms with Crippen LogP contribution in [0, 0.1) is 17.1 Å². The fraction of sp³-hybridized carbons (Fsp3) is 0.375. The lowest BCUT2D eigenvalue weighted by atomic mass is 10.1. The first-order chi connectivity index (χ1) is 11.0. The highest BCUT2D eigenvalue weighted by atomic mass is 19.1. The van der Waals surface area contributed by atoms with Gasteiger partial charge >= 0.3 is 17.8 Å². The molecule has 0 bridgehead atoms. The number of benzene rings is 1. The predicted octanol–water partition coefficient (Wildman–Crippen LogP) is 1.93. The van der Waals surface area contributed by atoms with Gasteiger partial charge in [-0.15, -0.1) is 0 Å². The van der Waals surface area contributed by atoms with E-state index in [0.717, 1.165) is 34.8 Å². The average Bonchev–Trinajstić information content (AvgIpc) is 3.12. The first-order valence-electron chi connectivity index (χ1n) is 7.40. The summed E-state index contributed by atoms with van der Waals surface area (Å²) in [6, 6.07) is 4.48. The molecule has 0 aromatic heterocycles. The highest BCUT2D eigenvalue weighted by Crippen LogP contribution is 2.28. The largest absolute Gasteiger partial charge is 0.334 e. The lowest BCUT2D eigenvalue weighted by molar-refractivity contribution is -0.144. The maximum atomic E-state index is 13.2. The lowest BCUT2D eigenvalue weighted by Crippen LogP contribution is -2.39. The average molecular weight is 315 g/mol. The molecule has 4 amide bonds. The predicted molar refractivity (Wildman–Crippen MR) is 76.2 cm³/mol. The summed E-state index contributed by atoms with van der Waals surface area (Å²) in [6.45, 7) is -0.213. The summed E-state index contributed by atoms with van der Waals surface area (Å²) in [7, 11) is 0. The van der Waals surface area contributed by atoms with Crippen molar-refractivity contribution in [2.75, 3.05) is 0 Å². The zero-order chi connectivity index (χ0) is 16.6. The van der Waals surface area contributed by atoms with Crippen LogP contribution in [0.5, 0.6) is 0 Å². The van der Waals surface area contributed by atoms with Crippen molar-refractivity contribution in [3.05, 3.63) is 35.1 Å². The molecule has 118 valence electrons. The second-order valence-corrected chi connectivity index (χ2v) is 5.70. The molecule has 0 spiro atoms. The van der Waals surface area contributed by atoms with Crippen LogP contribution < -0.4 is 0 Å². The highest BCUT2D eigenvalue weighted by Gasteiger charge is 2.48. The number of halogens is 1. The van der Waals surface area contributed by atoms with Crippen molar-refractivity contribution in [1.82, 2.24) is 9.80 Å². The van der Waals surface area contributed by atoms with Crippen LogP contribution >= 0.6 is 0 Å². The number of nitriles is 1. The number of rotatable bonds is 3. The smallest absolute Gasteiger partial charge is 0.263 e. The Morgan fingerprint density at radius 3 is 2.52 bits per heavy atom. The molecule has 6 nitrogen and oxygen atoms in total. The third kappa shape index (κ3) is 2.57. The molecule has 2 fully saturated rings. The molecule has 2 aliphatic rings. The van der Waals surface area contributed by atoms with Gasteiger partial charge in [0.15, 0.2) is 0 Å². The third-order valence-corrected chi connectivity index (χ3v) is 4.29.